The van der Waals surface area contributed by atoms with Crippen LogP contribution in [-0.4, -0.2) is 33.9 Å². The average Bonchev–Trinajstić information content (AvgIpc) is 1.98. The number of hydrogen-bond acceptors (Lipinski definition) is 4. The van der Waals surface area contributed by atoms with Gasteiger partial charge in [0.1, 0.15) is 0 Å². The Morgan fingerprint density at radius 2 is 1.75 bits per heavy atom. The molecule has 0 heterocycles. The number of carboxylic acids is 2. The largest absolute Gasteiger partial charge is 0.481 e. The van der Waals surface area contributed by atoms with Gasteiger partial charge in [0, 0.05) is 11.8 Å². The predicted molar refractivity (Wildman–Crippen MR) is 45.2 cm³/mol. The second kappa shape index (κ2) is 5.00. The van der Waals surface area contributed by atoms with Gasteiger partial charge >= 0.3 is 11.9 Å². The summed E-state index contributed by atoms with van der Waals surface area (Å²) < 4.78 is 0. The van der Waals surface area contributed by atoms with E-state index < -0.39 is 23.9 Å². The van der Waals surface area contributed by atoms with E-state index in [0.717, 1.165) is 0 Å². The molecule has 70 valence electrons. The number of aliphatic carboxylic acids is 2. The summed E-state index contributed by atoms with van der Waals surface area (Å²) in [6, 6.07) is -0.495. The first-order valence-electron chi connectivity index (χ1n) is 3.31. The van der Waals surface area contributed by atoms with Crippen LogP contribution >= 0.6 is 12.6 Å². The van der Waals surface area contributed by atoms with Crippen LogP contribution < -0.4 is 5.73 Å². The van der Waals surface area contributed by atoms with Crippen LogP contribution in [-0.2, 0) is 9.59 Å². The third-order valence-corrected chi connectivity index (χ3v) is 1.84. The van der Waals surface area contributed by atoms with Crippen LogP contribution in [0.5, 0.6) is 0 Å². The lowest BCUT2D eigenvalue weighted by atomic mass is 10.0. The molecule has 0 aliphatic heterocycles. The summed E-state index contributed by atoms with van der Waals surface area (Å²) in [5.41, 5.74) is 5.35. The van der Waals surface area contributed by atoms with E-state index in [0.29, 0.717) is 0 Å². The Labute approximate surface area is 75.0 Å². The Hall–Kier alpha value is -0.750. The Morgan fingerprint density at radius 3 is 2.00 bits per heavy atom. The Bertz CT molecular complexity index is 170. The summed E-state index contributed by atoms with van der Waals surface area (Å²) in [6.07, 6.45) is -0.0891. The van der Waals surface area contributed by atoms with E-state index >= 15 is 0 Å². The Kier molecular flexibility index (Phi) is 4.68. The van der Waals surface area contributed by atoms with Gasteiger partial charge in [-0.2, -0.15) is 12.6 Å². The normalized spacial score (nSPS) is 12.9. The topological polar surface area (TPSA) is 101 Å². The van der Waals surface area contributed by atoms with E-state index in [4.69, 9.17) is 15.9 Å². The molecule has 0 aromatic heterocycles. The fraction of sp³-hybridized carbons (Fsp3) is 0.667. The number of rotatable bonds is 5. The monoisotopic (exact) mass is 193 g/mol. The van der Waals surface area contributed by atoms with Crippen LogP contribution in [0.2, 0.25) is 0 Å². The van der Waals surface area contributed by atoms with Crippen molar-refractivity contribution in [3.63, 3.8) is 0 Å². The highest BCUT2D eigenvalue weighted by atomic mass is 32.1. The van der Waals surface area contributed by atoms with Crippen molar-refractivity contribution in [1.82, 2.24) is 0 Å². The Morgan fingerprint density at radius 1 is 1.33 bits per heavy atom. The van der Waals surface area contributed by atoms with E-state index in [9.17, 15) is 9.59 Å². The van der Waals surface area contributed by atoms with E-state index in [1.54, 1.807) is 0 Å². The first-order chi connectivity index (χ1) is 5.49. The van der Waals surface area contributed by atoms with Crippen molar-refractivity contribution in [2.75, 3.05) is 5.75 Å². The summed E-state index contributed by atoms with van der Waals surface area (Å²) in [5, 5.41) is 16.9. The van der Waals surface area contributed by atoms with E-state index in [-0.39, 0.29) is 12.2 Å². The molecular formula is C6H11NO4S. The minimum Gasteiger partial charge on any atom is -0.481 e. The maximum absolute atomic E-state index is 10.3. The average molecular weight is 193 g/mol. The fourth-order valence-corrected chi connectivity index (χ4v) is 0.834. The molecule has 12 heavy (non-hydrogen) atoms. The van der Waals surface area contributed by atoms with Crippen molar-refractivity contribution < 1.29 is 19.8 Å². The smallest absolute Gasteiger partial charge is 0.317 e. The van der Waals surface area contributed by atoms with Crippen LogP contribution in [0.25, 0.3) is 0 Å². The van der Waals surface area contributed by atoms with Crippen molar-refractivity contribution >= 4 is 24.6 Å². The molecule has 0 aromatic carbocycles. The second-order valence-electron chi connectivity index (χ2n) is 2.41. The summed E-state index contributed by atoms with van der Waals surface area (Å²) >= 11 is 3.82. The van der Waals surface area contributed by atoms with Gasteiger partial charge in [-0.15, -0.1) is 0 Å². The molecule has 0 saturated heterocycles. The summed E-state index contributed by atoms with van der Waals surface area (Å²) in [5.74, 6) is -3.87. The van der Waals surface area contributed by atoms with Gasteiger partial charge in [0.2, 0.25) is 0 Å². The number of nitrogens with two attached hydrogens (primary N) is 1. The molecule has 0 fully saturated rings. The number of hydrogen-bond donors (Lipinski definition) is 4. The van der Waals surface area contributed by atoms with Gasteiger partial charge in [0.25, 0.3) is 0 Å². The minimum atomic E-state index is -1.42. The molecule has 0 saturated carbocycles. The van der Waals surface area contributed by atoms with Crippen molar-refractivity contribution in [2.24, 2.45) is 11.7 Å². The zero-order valence-corrected chi connectivity index (χ0v) is 7.20. The molecule has 0 radical (unpaired) electrons. The second-order valence-corrected chi connectivity index (χ2v) is 2.77. The van der Waals surface area contributed by atoms with Gasteiger partial charge in [-0.1, -0.05) is 0 Å². The SMILES string of the molecule is N[C@H](CS)CC(C(=O)O)C(=O)O. The first kappa shape index (κ1) is 11.2. The first-order valence-corrected chi connectivity index (χ1v) is 3.94. The van der Waals surface area contributed by atoms with Gasteiger partial charge in [0.15, 0.2) is 5.92 Å². The molecule has 0 spiro atoms. The van der Waals surface area contributed by atoms with Crippen LogP contribution in [0.1, 0.15) is 6.42 Å². The van der Waals surface area contributed by atoms with Gasteiger partial charge in [-0.25, -0.2) is 0 Å². The maximum atomic E-state index is 10.3. The van der Waals surface area contributed by atoms with Gasteiger partial charge in [-0.05, 0) is 6.42 Å². The number of carbonyl (C=O) groups is 2. The molecular weight excluding hydrogens is 182 g/mol. The molecule has 4 N–H and O–H groups in total. The van der Waals surface area contributed by atoms with Crippen LogP contribution in [0.15, 0.2) is 0 Å². The van der Waals surface area contributed by atoms with Crippen LogP contribution in [0.3, 0.4) is 0 Å². The molecule has 6 heteroatoms. The lowest BCUT2D eigenvalue weighted by Gasteiger charge is -2.11. The third-order valence-electron chi connectivity index (χ3n) is 1.37. The van der Waals surface area contributed by atoms with Crippen molar-refractivity contribution in [2.45, 2.75) is 12.5 Å². The zero-order valence-electron chi connectivity index (χ0n) is 6.30. The highest BCUT2D eigenvalue weighted by molar-refractivity contribution is 7.80. The van der Waals surface area contributed by atoms with Gasteiger partial charge < -0.3 is 15.9 Å². The third kappa shape index (κ3) is 3.59. The lowest BCUT2D eigenvalue weighted by molar-refractivity contribution is -0.154. The molecule has 5 nitrogen and oxygen atoms in total. The fourth-order valence-electron chi connectivity index (χ4n) is 0.685. The standard InChI is InChI=1S/C6H11NO4S/c7-3(2-12)1-4(5(8)9)6(10)11/h3-4,12H,1-2,7H2,(H,8,9)(H,10,11)/t3-/m0/s1. The van der Waals surface area contributed by atoms with E-state index in [1.807, 2.05) is 0 Å². The van der Waals surface area contributed by atoms with Crippen molar-refractivity contribution in [3.05, 3.63) is 0 Å². The summed E-state index contributed by atoms with van der Waals surface area (Å²) in [6.45, 7) is 0. The Balaban J connectivity index is 4.14. The van der Waals surface area contributed by atoms with Gasteiger partial charge in [-0.3, -0.25) is 9.59 Å². The molecule has 0 rings (SSSR count). The molecule has 0 amide bonds. The highest BCUT2D eigenvalue weighted by Gasteiger charge is 2.27. The van der Waals surface area contributed by atoms with Crippen molar-refractivity contribution in [3.8, 4) is 0 Å². The quantitative estimate of drug-likeness (QED) is 0.345. The van der Waals surface area contributed by atoms with Crippen molar-refractivity contribution in [1.29, 1.82) is 0 Å². The molecule has 0 aromatic rings. The van der Waals surface area contributed by atoms with E-state index in [1.165, 1.54) is 0 Å². The zero-order chi connectivity index (χ0) is 9.72. The maximum Gasteiger partial charge on any atom is 0.317 e. The predicted octanol–water partition coefficient (Wildman–Crippen LogP) is -0.581. The summed E-state index contributed by atoms with van der Waals surface area (Å²) in [4.78, 5) is 20.7. The van der Waals surface area contributed by atoms with Crippen LogP contribution in [0.4, 0.5) is 0 Å². The number of carboxylic acid groups (broad SMARTS) is 2. The highest BCUT2D eigenvalue weighted by Crippen LogP contribution is 2.07. The molecule has 0 aliphatic rings. The minimum absolute atomic E-state index is 0.0891. The van der Waals surface area contributed by atoms with E-state index in [2.05, 4.69) is 12.6 Å². The van der Waals surface area contributed by atoms with Crippen LogP contribution in [0, 0.1) is 5.92 Å². The summed E-state index contributed by atoms with van der Waals surface area (Å²) in [7, 11) is 0. The lowest BCUT2D eigenvalue weighted by Crippen LogP contribution is -2.33. The molecule has 1 atom stereocenters. The number of thiol groups is 1. The van der Waals surface area contributed by atoms with Gasteiger partial charge in [0.05, 0.1) is 0 Å². The molecule has 0 aliphatic carbocycles. The molecule has 0 bridgehead atoms. The molecule has 0 unspecified atom stereocenters.